The molecule has 2 nitrogen and oxygen atoms in total. The van der Waals surface area contributed by atoms with Crippen molar-refractivity contribution in [3.63, 3.8) is 0 Å². The van der Waals surface area contributed by atoms with E-state index in [2.05, 4.69) is 34.3 Å². The molecule has 2 heterocycles. The molecule has 0 fully saturated rings. The quantitative estimate of drug-likeness (QED) is 0.567. The molecule has 0 radical (unpaired) electrons. The molecule has 2 aromatic rings. The van der Waals surface area contributed by atoms with Gasteiger partial charge in [-0.3, -0.25) is 9.98 Å². The van der Waals surface area contributed by atoms with Gasteiger partial charge in [-0.25, -0.2) is 0 Å². The van der Waals surface area contributed by atoms with Crippen LogP contribution in [-0.2, 0) is 0 Å². The monoisotopic (exact) mass is 168 g/mol. The Morgan fingerprint density at radius 3 is 3.15 bits per heavy atom. The van der Waals surface area contributed by atoms with Gasteiger partial charge in [-0.2, -0.15) is 0 Å². The summed E-state index contributed by atoms with van der Waals surface area (Å²) in [6.45, 7) is 0.797. The van der Waals surface area contributed by atoms with Gasteiger partial charge in [-0.1, -0.05) is 24.3 Å². The van der Waals surface area contributed by atoms with Crippen molar-refractivity contribution in [2.45, 2.75) is 0 Å². The van der Waals surface area contributed by atoms with Gasteiger partial charge in [-0.05, 0) is 11.3 Å². The summed E-state index contributed by atoms with van der Waals surface area (Å²) >= 11 is 0. The van der Waals surface area contributed by atoms with Crippen LogP contribution >= 0.6 is 0 Å². The molecule has 1 aliphatic heterocycles. The lowest BCUT2D eigenvalue weighted by molar-refractivity contribution is 1.22. The van der Waals surface area contributed by atoms with Crippen molar-refractivity contribution in [1.82, 2.24) is 4.98 Å². The Morgan fingerprint density at radius 1 is 1.15 bits per heavy atom. The zero-order valence-corrected chi connectivity index (χ0v) is 7.07. The fraction of sp³-hybridized carbons (Fsp3) is 0.0909. The highest BCUT2D eigenvalue weighted by Gasteiger charge is 2.00. The average molecular weight is 168 g/mol. The first-order valence-electron chi connectivity index (χ1n) is 4.33. The van der Waals surface area contributed by atoms with Gasteiger partial charge in [-0.15, -0.1) is 0 Å². The third kappa shape index (κ3) is 0.886. The molecule has 0 unspecified atom stereocenters. The van der Waals surface area contributed by atoms with Crippen LogP contribution in [0.25, 0.3) is 17.0 Å². The first-order chi connectivity index (χ1) is 6.45. The first-order valence-corrected chi connectivity index (χ1v) is 4.33. The second-order valence-corrected chi connectivity index (χ2v) is 3.12. The highest BCUT2D eigenvalue weighted by atomic mass is 14.8. The van der Waals surface area contributed by atoms with Gasteiger partial charge < -0.3 is 0 Å². The van der Waals surface area contributed by atoms with Crippen LogP contribution in [-0.4, -0.2) is 11.5 Å². The maximum absolute atomic E-state index is 4.41. The van der Waals surface area contributed by atoms with Crippen LogP contribution in [0.1, 0.15) is 0 Å². The minimum Gasteiger partial charge on any atom is -0.278 e. The van der Waals surface area contributed by atoms with E-state index in [1.807, 2.05) is 12.3 Å². The van der Waals surface area contributed by atoms with E-state index in [0.29, 0.717) is 0 Å². The smallest absolute Gasteiger partial charge is 0.0960 e. The first kappa shape index (κ1) is 6.78. The van der Waals surface area contributed by atoms with Crippen molar-refractivity contribution >= 4 is 17.0 Å². The third-order valence-corrected chi connectivity index (χ3v) is 2.34. The van der Waals surface area contributed by atoms with E-state index in [1.54, 1.807) is 0 Å². The average Bonchev–Trinajstić information content (AvgIpc) is 2.65. The van der Waals surface area contributed by atoms with E-state index < -0.39 is 0 Å². The van der Waals surface area contributed by atoms with Crippen molar-refractivity contribution in [2.75, 3.05) is 6.54 Å². The molecular weight excluding hydrogens is 160 g/mol. The molecule has 0 atom stereocenters. The number of rotatable bonds is 0. The molecule has 62 valence electrons. The van der Waals surface area contributed by atoms with Crippen LogP contribution < -0.4 is 10.6 Å². The molecule has 1 aromatic carbocycles. The van der Waals surface area contributed by atoms with Crippen LogP contribution in [0.4, 0.5) is 0 Å². The number of fused-ring (bicyclic) bond motifs is 3. The van der Waals surface area contributed by atoms with Crippen molar-refractivity contribution < 1.29 is 0 Å². The molecule has 1 aliphatic rings. The molecule has 13 heavy (non-hydrogen) atoms. The molecule has 0 aliphatic carbocycles. The summed E-state index contributed by atoms with van der Waals surface area (Å²) in [4.78, 5) is 8.75. The molecule has 0 spiro atoms. The fourth-order valence-electron chi connectivity index (χ4n) is 1.71. The minimum absolute atomic E-state index is 0.797. The van der Waals surface area contributed by atoms with E-state index in [4.69, 9.17) is 0 Å². The van der Waals surface area contributed by atoms with Crippen LogP contribution in [0.3, 0.4) is 0 Å². The summed E-state index contributed by atoms with van der Waals surface area (Å²) in [6.07, 6.45) is 3.94. The Kier molecular flexibility index (Phi) is 1.25. The summed E-state index contributed by atoms with van der Waals surface area (Å²) in [5.41, 5.74) is 1.02. The largest absolute Gasteiger partial charge is 0.278 e. The topological polar surface area (TPSA) is 25.2 Å². The highest BCUT2D eigenvalue weighted by molar-refractivity contribution is 5.78. The lowest BCUT2D eigenvalue weighted by Crippen LogP contribution is -2.22. The zero-order chi connectivity index (χ0) is 8.67. The lowest BCUT2D eigenvalue weighted by atomic mass is 10.2. The van der Waals surface area contributed by atoms with Crippen molar-refractivity contribution in [2.24, 2.45) is 4.99 Å². The number of hydrogen-bond donors (Lipinski definition) is 0. The Hall–Kier alpha value is -1.70. The molecule has 0 saturated carbocycles. The predicted octanol–water partition coefficient (Wildman–Crippen LogP) is 0.648. The van der Waals surface area contributed by atoms with E-state index >= 15 is 0 Å². The normalized spacial score (nSPS) is 13.5. The van der Waals surface area contributed by atoms with Gasteiger partial charge in [0.25, 0.3) is 0 Å². The number of hydrogen-bond acceptors (Lipinski definition) is 2. The summed E-state index contributed by atoms with van der Waals surface area (Å²) in [7, 11) is 0. The van der Waals surface area contributed by atoms with Crippen LogP contribution in [0.15, 0.2) is 35.5 Å². The van der Waals surface area contributed by atoms with Crippen LogP contribution in [0, 0.1) is 0 Å². The maximum atomic E-state index is 4.41. The SMILES string of the molecule is C1=c2ccc3cccnc3c2=NC1. The summed E-state index contributed by atoms with van der Waals surface area (Å²) < 4.78 is 0. The molecule has 3 rings (SSSR count). The lowest BCUT2D eigenvalue weighted by Gasteiger charge is -1.94. The molecule has 0 bridgehead atoms. The second-order valence-electron chi connectivity index (χ2n) is 3.12. The summed E-state index contributed by atoms with van der Waals surface area (Å²) in [5, 5.41) is 3.43. The Balaban J connectivity index is 2.67. The number of benzene rings is 1. The van der Waals surface area contributed by atoms with Gasteiger partial charge in [0.15, 0.2) is 0 Å². The predicted molar refractivity (Wildman–Crippen MR) is 51.9 cm³/mol. The van der Waals surface area contributed by atoms with Gasteiger partial charge in [0, 0.05) is 11.6 Å². The Morgan fingerprint density at radius 2 is 2.15 bits per heavy atom. The van der Waals surface area contributed by atoms with Crippen LogP contribution in [0.2, 0.25) is 0 Å². The fourth-order valence-corrected chi connectivity index (χ4v) is 1.71. The van der Waals surface area contributed by atoms with E-state index in [1.165, 1.54) is 10.6 Å². The van der Waals surface area contributed by atoms with Gasteiger partial charge in [0.2, 0.25) is 0 Å². The molecule has 1 aromatic heterocycles. The van der Waals surface area contributed by atoms with Gasteiger partial charge in [0.1, 0.15) is 0 Å². The number of aromatic nitrogens is 1. The van der Waals surface area contributed by atoms with Crippen molar-refractivity contribution in [3.8, 4) is 0 Å². The summed E-state index contributed by atoms with van der Waals surface area (Å²) in [6, 6.07) is 8.22. The van der Waals surface area contributed by atoms with Crippen LogP contribution in [0.5, 0.6) is 0 Å². The molecule has 0 N–H and O–H groups in total. The molecule has 0 amide bonds. The standard InChI is InChI=1S/C11H8N2/c1-2-8-3-4-9-5-7-13-11(9)10(8)12-6-1/h1-6H,7H2. The zero-order valence-electron chi connectivity index (χ0n) is 7.07. The van der Waals surface area contributed by atoms with Gasteiger partial charge in [0.05, 0.1) is 17.4 Å². The van der Waals surface area contributed by atoms with E-state index in [-0.39, 0.29) is 0 Å². The summed E-state index contributed by atoms with van der Waals surface area (Å²) in [5.74, 6) is 0. The van der Waals surface area contributed by atoms with Crippen molar-refractivity contribution in [1.29, 1.82) is 0 Å². The molecule has 2 heteroatoms. The molecule has 0 saturated heterocycles. The van der Waals surface area contributed by atoms with Gasteiger partial charge >= 0.3 is 0 Å². The van der Waals surface area contributed by atoms with E-state index in [0.717, 1.165) is 17.4 Å². The number of nitrogens with zero attached hydrogens (tertiary/aromatic N) is 2. The second kappa shape index (κ2) is 2.39. The third-order valence-electron chi connectivity index (χ3n) is 2.34. The van der Waals surface area contributed by atoms with E-state index in [9.17, 15) is 0 Å². The Bertz CT molecular complexity index is 585. The Labute approximate surface area is 75.3 Å². The number of pyridine rings is 1. The molecular formula is C11H8N2. The minimum atomic E-state index is 0.797. The maximum Gasteiger partial charge on any atom is 0.0960 e. The van der Waals surface area contributed by atoms with Crippen molar-refractivity contribution in [3.05, 3.63) is 41.0 Å². The highest BCUT2D eigenvalue weighted by Crippen LogP contribution is 2.03.